The average molecular weight is 296 g/mol. The van der Waals surface area contributed by atoms with E-state index in [-0.39, 0.29) is 0 Å². The highest BCUT2D eigenvalue weighted by Crippen LogP contribution is 2.31. The van der Waals surface area contributed by atoms with Crippen molar-refractivity contribution >= 4 is 5.65 Å². The van der Waals surface area contributed by atoms with Crippen LogP contribution in [0.15, 0.2) is 36.9 Å². The Morgan fingerprint density at radius 1 is 1.18 bits per heavy atom. The average Bonchev–Trinajstić information content (AvgIpc) is 3.16. The Morgan fingerprint density at radius 2 is 2.14 bits per heavy atom. The second-order valence-corrected chi connectivity index (χ2v) is 5.92. The standard InChI is InChI=1S/C16H20N6/c1-20-11-8-17-16(20)12-21-9-3-2-4-14(21)13-6-10-22-15(19-13)5-7-18-22/h5-8,10-11,14H,2-4,9,12H2,1H3. The molecule has 1 fully saturated rings. The highest BCUT2D eigenvalue weighted by molar-refractivity contribution is 5.36. The monoisotopic (exact) mass is 296 g/mol. The van der Waals surface area contributed by atoms with Crippen LogP contribution in [0.25, 0.3) is 5.65 Å². The Bertz CT molecular complexity index is 774. The van der Waals surface area contributed by atoms with Crippen molar-refractivity contribution in [3.63, 3.8) is 0 Å². The molecule has 6 nitrogen and oxygen atoms in total. The van der Waals surface area contributed by atoms with E-state index in [1.54, 1.807) is 6.20 Å². The highest BCUT2D eigenvalue weighted by Gasteiger charge is 2.26. The summed E-state index contributed by atoms with van der Waals surface area (Å²) in [6.07, 6.45) is 11.3. The molecule has 0 saturated carbocycles. The van der Waals surface area contributed by atoms with Crippen molar-refractivity contribution in [2.45, 2.75) is 31.8 Å². The van der Waals surface area contributed by atoms with Gasteiger partial charge in [-0.05, 0) is 25.5 Å². The van der Waals surface area contributed by atoms with E-state index in [2.05, 4.69) is 32.7 Å². The largest absolute Gasteiger partial charge is 0.337 e. The Kier molecular flexibility index (Phi) is 3.38. The zero-order valence-electron chi connectivity index (χ0n) is 12.8. The maximum atomic E-state index is 4.79. The molecule has 0 aliphatic carbocycles. The summed E-state index contributed by atoms with van der Waals surface area (Å²) in [5, 5.41) is 4.22. The van der Waals surface area contributed by atoms with E-state index < -0.39 is 0 Å². The van der Waals surface area contributed by atoms with Crippen molar-refractivity contribution in [2.75, 3.05) is 6.54 Å². The number of imidazole rings is 1. The Labute approximate surface area is 129 Å². The quantitative estimate of drug-likeness (QED) is 0.743. The van der Waals surface area contributed by atoms with Gasteiger partial charge in [0.2, 0.25) is 0 Å². The summed E-state index contributed by atoms with van der Waals surface area (Å²) in [5.41, 5.74) is 2.06. The van der Waals surface area contributed by atoms with E-state index in [4.69, 9.17) is 4.98 Å². The van der Waals surface area contributed by atoms with E-state index in [1.807, 2.05) is 29.2 Å². The minimum absolute atomic E-state index is 0.366. The smallest absolute Gasteiger partial charge is 0.155 e. The van der Waals surface area contributed by atoms with Crippen molar-refractivity contribution in [1.82, 2.24) is 29.0 Å². The normalized spacial score (nSPS) is 19.8. The van der Waals surface area contributed by atoms with E-state index in [9.17, 15) is 0 Å². The highest BCUT2D eigenvalue weighted by atomic mass is 15.2. The number of aromatic nitrogens is 5. The van der Waals surface area contributed by atoms with Crippen LogP contribution in [0.1, 0.15) is 36.8 Å². The number of aryl methyl sites for hydroxylation is 1. The third-order valence-corrected chi connectivity index (χ3v) is 4.50. The molecule has 1 unspecified atom stereocenters. The summed E-state index contributed by atoms with van der Waals surface area (Å²) < 4.78 is 3.91. The third kappa shape index (κ3) is 2.39. The first-order valence-corrected chi connectivity index (χ1v) is 7.82. The molecule has 1 aliphatic rings. The van der Waals surface area contributed by atoms with Gasteiger partial charge in [-0.1, -0.05) is 6.42 Å². The van der Waals surface area contributed by atoms with Gasteiger partial charge < -0.3 is 4.57 Å². The molecule has 0 aromatic carbocycles. The van der Waals surface area contributed by atoms with Crippen LogP contribution < -0.4 is 0 Å². The van der Waals surface area contributed by atoms with Crippen LogP contribution in [0.4, 0.5) is 0 Å². The van der Waals surface area contributed by atoms with Gasteiger partial charge in [0.15, 0.2) is 5.65 Å². The van der Waals surface area contributed by atoms with Crippen LogP contribution in [0.3, 0.4) is 0 Å². The van der Waals surface area contributed by atoms with Crippen LogP contribution in [-0.4, -0.2) is 35.6 Å². The van der Waals surface area contributed by atoms with Crippen LogP contribution in [0.5, 0.6) is 0 Å². The number of hydrogen-bond acceptors (Lipinski definition) is 4. The van der Waals surface area contributed by atoms with Crippen LogP contribution in [-0.2, 0) is 13.6 Å². The van der Waals surface area contributed by atoms with Crippen LogP contribution in [0.2, 0.25) is 0 Å². The molecule has 0 N–H and O–H groups in total. The number of fused-ring (bicyclic) bond motifs is 1. The molecule has 4 rings (SSSR count). The Hall–Kier alpha value is -2.21. The molecule has 0 radical (unpaired) electrons. The molecule has 3 aromatic heterocycles. The number of likely N-dealkylation sites (tertiary alicyclic amines) is 1. The molecular formula is C16H20N6. The predicted molar refractivity (Wildman–Crippen MR) is 83.2 cm³/mol. The van der Waals surface area contributed by atoms with Crippen molar-refractivity contribution in [3.05, 3.63) is 48.4 Å². The molecule has 3 aromatic rings. The summed E-state index contributed by atoms with van der Waals surface area (Å²) in [4.78, 5) is 11.8. The summed E-state index contributed by atoms with van der Waals surface area (Å²) in [7, 11) is 2.05. The minimum atomic E-state index is 0.366. The molecular weight excluding hydrogens is 276 g/mol. The summed E-state index contributed by atoms with van der Waals surface area (Å²) >= 11 is 0. The van der Waals surface area contributed by atoms with Gasteiger partial charge in [0.1, 0.15) is 5.82 Å². The van der Waals surface area contributed by atoms with E-state index >= 15 is 0 Å². The summed E-state index contributed by atoms with van der Waals surface area (Å²) in [6, 6.07) is 4.42. The lowest BCUT2D eigenvalue weighted by molar-refractivity contribution is 0.132. The van der Waals surface area contributed by atoms with Gasteiger partial charge in [-0.25, -0.2) is 14.5 Å². The number of rotatable bonds is 3. The predicted octanol–water partition coefficient (Wildman–Crippen LogP) is 2.19. The first-order chi connectivity index (χ1) is 10.8. The zero-order chi connectivity index (χ0) is 14.9. The van der Waals surface area contributed by atoms with Gasteiger partial charge in [0, 0.05) is 31.7 Å². The maximum absolute atomic E-state index is 4.79. The molecule has 1 atom stereocenters. The second-order valence-electron chi connectivity index (χ2n) is 5.92. The minimum Gasteiger partial charge on any atom is -0.337 e. The zero-order valence-corrected chi connectivity index (χ0v) is 12.8. The van der Waals surface area contributed by atoms with E-state index in [0.717, 1.165) is 36.7 Å². The van der Waals surface area contributed by atoms with Crippen LogP contribution in [0, 0.1) is 0 Å². The number of hydrogen-bond donors (Lipinski definition) is 0. The molecule has 6 heteroatoms. The number of piperidine rings is 1. The summed E-state index contributed by atoms with van der Waals surface area (Å²) in [5.74, 6) is 1.11. The lowest BCUT2D eigenvalue weighted by atomic mass is 9.99. The lowest BCUT2D eigenvalue weighted by Gasteiger charge is -2.35. The molecule has 0 spiro atoms. The Balaban J connectivity index is 1.63. The van der Waals surface area contributed by atoms with Gasteiger partial charge in [0.25, 0.3) is 0 Å². The SMILES string of the molecule is Cn1ccnc1CN1CCCCC1c1ccn2nccc2n1. The maximum Gasteiger partial charge on any atom is 0.155 e. The van der Waals surface area contributed by atoms with Gasteiger partial charge >= 0.3 is 0 Å². The molecule has 1 aliphatic heterocycles. The fourth-order valence-electron chi connectivity index (χ4n) is 3.26. The first-order valence-electron chi connectivity index (χ1n) is 7.82. The fraction of sp³-hybridized carbons (Fsp3) is 0.438. The van der Waals surface area contributed by atoms with Crippen molar-refractivity contribution in [1.29, 1.82) is 0 Å². The van der Waals surface area contributed by atoms with E-state index in [0.29, 0.717) is 6.04 Å². The summed E-state index contributed by atoms with van der Waals surface area (Å²) in [6.45, 7) is 1.98. The van der Waals surface area contributed by atoms with Gasteiger partial charge in [-0.2, -0.15) is 5.10 Å². The molecule has 114 valence electrons. The topological polar surface area (TPSA) is 51.2 Å². The fourth-order valence-corrected chi connectivity index (χ4v) is 3.26. The molecule has 0 amide bonds. The van der Waals surface area contributed by atoms with Gasteiger partial charge in [0.05, 0.1) is 24.5 Å². The molecule has 0 bridgehead atoms. The van der Waals surface area contributed by atoms with Gasteiger partial charge in [-0.3, -0.25) is 4.90 Å². The molecule has 22 heavy (non-hydrogen) atoms. The third-order valence-electron chi connectivity index (χ3n) is 4.50. The van der Waals surface area contributed by atoms with Crippen molar-refractivity contribution in [3.8, 4) is 0 Å². The van der Waals surface area contributed by atoms with Gasteiger partial charge in [-0.15, -0.1) is 0 Å². The molecule has 1 saturated heterocycles. The van der Waals surface area contributed by atoms with Crippen LogP contribution >= 0.6 is 0 Å². The second kappa shape index (κ2) is 5.53. The molecule has 4 heterocycles. The van der Waals surface area contributed by atoms with Crippen molar-refractivity contribution in [2.24, 2.45) is 7.05 Å². The van der Waals surface area contributed by atoms with Crippen molar-refractivity contribution < 1.29 is 0 Å². The first kappa shape index (κ1) is 13.5. The number of nitrogens with zero attached hydrogens (tertiary/aromatic N) is 6. The lowest BCUT2D eigenvalue weighted by Crippen LogP contribution is -2.34. The Morgan fingerprint density at radius 3 is 3.00 bits per heavy atom. The van der Waals surface area contributed by atoms with E-state index in [1.165, 1.54) is 12.8 Å².